The van der Waals surface area contributed by atoms with Crippen molar-refractivity contribution >= 4 is 27.8 Å². The van der Waals surface area contributed by atoms with Gasteiger partial charge >= 0.3 is 5.97 Å². The van der Waals surface area contributed by atoms with Crippen LogP contribution in [0.15, 0.2) is 29.2 Å². The van der Waals surface area contributed by atoms with Gasteiger partial charge in [-0.05, 0) is 30.6 Å². The molecule has 7 heteroatoms. The van der Waals surface area contributed by atoms with Crippen molar-refractivity contribution in [1.82, 2.24) is 4.31 Å². The van der Waals surface area contributed by atoms with Gasteiger partial charge in [-0.3, -0.25) is 0 Å². The molecule has 0 bridgehead atoms. The fraction of sp³-hybridized carbons (Fsp3) is 0.417. The molecule has 1 aromatic rings. The predicted octanol–water partition coefficient (Wildman–Crippen LogP) is 1.76. The Morgan fingerprint density at radius 1 is 1.37 bits per heavy atom. The summed E-state index contributed by atoms with van der Waals surface area (Å²) < 4.78 is 25.8. The van der Waals surface area contributed by atoms with Crippen LogP contribution in [-0.4, -0.2) is 49.4 Å². The van der Waals surface area contributed by atoms with Crippen molar-refractivity contribution in [1.29, 1.82) is 0 Å². The van der Waals surface area contributed by atoms with E-state index in [1.807, 2.05) is 6.26 Å². The summed E-state index contributed by atoms with van der Waals surface area (Å²) in [5, 5.41) is 9.04. The number of hydrogen-bond donors (Lipinski definition) is 1. The van der Waals surface area contributed by atoms with Crippen molar-refractivity contribution in [2.24, 2.45) is 0 Å². The molecule has 0 saturated heterocycles. The number of thioether (sulfide) groups is 1. The van der Waals surface area contributed by atoms with Crippen LogP contribution in [0, 0.1) is 0 Å². The Morgan fingerprint density at radius 2 is 2.00 bits per heavy atom. The Kier molecular flexibility index (Phi) is 5.84. The molecule has 0 saturated carbocycles. The van der Waals surface area contributed by atoms with Gasteiger partial charge in [-0.25, -0.2) is 17.5 Å². The van der Waals surface area contributed by atoms with E-state index < -0.39 is 16.0 Å². The third-order valence-corrected chi connectivity index (χ3v) is 5.24. The third-order valence-electron chi connectivity index (χ3n) is 2.63. The standard InChI is InChI=1S/C12H17NO4S2/c1-13(8-5-9-18-2)19(16,17)11-7-4-3-6-10(11)12(14)15/h3-4,6-7H,5,8-9H2,1-2H3,(H,14,15). The zero-order valence-electron chi connectivity index (χ0n) is 10.9. The van der Waals surface area contributed by atoms with Crippen LogP contribution in [0.1, 0.15) is 16.8 Å². The molecule has 1 rings (SSSR count). The molecule has 0 fully saturated rings. The Bertz CT molecular complexity index is 542. The van der Waals surface area contributed by atoms with Gasteiger partial charge in [0.05, 0.1) is 10.5 Å². The van der Waals surface area contributed by atoms with Gasteiger partial charge in [0, 0.05) is 13.6 Å². The van der Waals surface area contributed by atoms with Crippen LogP contribution < -0.4 is 0 Å². The lowest BCUT2D eigenvalue weighted by atomic mass is 10.2. The summed E-state index contributed by atoms with van der Waals surface area (Å²) in [4.78, 5) is 10.9. The number of rotatable bonds is 7. The van der Waals surface area contributed by atoms with Crippen molar-refractivity contribution in [3.63, 3.8) is 0 Å². The molecular formula is C12H17NO4S2. The molecule has 5 nitrogen and oxygen atoms in total. The SMILES string of the molecule is CSCCCN(C)S(=O)(=O)c1ccccc1C(=O)O. The molecule has 0 aromatic heterocycles. The van der Waals surface area contributed by atoms with E-state index in [-0.39, 0.29) is 10.5 Å². The van der Waals surface area contributed by atoms with E-state index in [1.165, 1.54) is 35.6 Å². The zero-order valence-corrected chi connectivity index (χ0v) is 12.5. The Labute approximate surface area is 117 Å². The Balaban J connectivity index is 3.03. The molecule has 0 aliphatic rings. The quantitative estimate of drug-likeness (QED) is 0.777. The van der Waals surface area contributed by atoms with E-state index in [9.17, 15) is 13.2 Å². The van der Waals surface area contributed by atoms with Crippen LogP contribution in [0.25, 0.3) is 0 Å². The number of aromatic carboxylic acids is 1. The summed E-state index contributed by atoms with van der Waals surface area (Å²) >= 11 is 1.64. The lowest BCUT2D eigenvalue weighted by Gasteiger charge is -2.18. The van der Waals surface area contributed by atoms with Crippen LogP contribution in [-0.2, 0) is 10.0 Å². The van der Waals surface area contributed by atoms with Gasteiger partial charge in [-0.2, -0.15) is 11.8 Å². The summed E-state index contributed by atoms with van der Waals surface area (Å²) in [6.07, 6.45) is 2.68. The lowest BCUT2D eigenvalue weighted by molar-refractivity contribution is 0.0692. The van der Waals surface area contributed by atoms with Crippen molar-refractivity contribution in [3.05, 3.63) is 29.8 Å². The number of carboxylic acid groups (broad SMARTS) is 1. The van der Waals surface area contributed by atoms with Gasteiger partial charge in [0.1, 0.15) is 0 Å². The average Bonchev–Trinajstić information content (AvgIpc) is 2.38. The summed E-state index contributed by atoms with van der Waals surface area (Å²) in [5.74, 6) is -0.378. The Morgan fingerprint density at radius 3 is 2.58 bits per heavy atom. The second-order valence-corrected chi connectivity index (χ2v) is 6.97. The number of hydrogen-bond acceptors (Lipinski definition) is 4. The van der Waals surface area contributed by atoms with E-state index in [2.05, 4.69) is 0 Å². The van der Waals surface area contributed by atoms with Gasteiger partial charge < -0.3 is 5.11 Å². The maximum atomic E-state index is 12.3. The van der Waals surface area contributed by atoms with Crippen LogP contribution in [0.3, 0.4) is 0 Å². The van der Waals surface area contributed by atoms with E-state index in [4.69, 9.17) is 5.11 Å². The Hall–Kier alpha value is -1.05. The maximum absolute atomic E-state index is 12.3. The molecule has 1 aromatic carbocycles. The van der Waals surface area contributed by atoms with Gasteiger partial charge in [-0.15, -0.1) is 0 Å². The minimum absolute atomic E-state index is 0.158. The monoisotopic (exact) mass is 303 g/mol. The van der Waals surface area contributed by atoms with Crippen molar-refractivity contribution in [2.45, 2.75) is 11.3 Å². The molecule has 0 atom stereocenters. The van der Waals surface area contributed by atoms with Crippen LogP contribution in [0.5, 0.6) is 0 Å². The number of nitrogens with zero attached hydrogens (tertiary/aromatic N) is 1. The molecule has 1 N–H and O–H groups in total. The summed E-state index contributed by atoms with van der Waals surface area (Å²) in [6.45, 7) is 0.372. The smallest absolute Gasteiger partial charge is 0.337 e. The number of carboxylic acids is 1. The molecule has 0 aliphatic heterocycles. The number of carbonyl (C=O) groups is 1. The summed E-state index contributed by atoms with van der Waals surface area (Å²) in [5.41, 5.74) is -0.195. The van der Waals surface area contributed by atoms with Crippen LogP contribution in [0.4, 0.5) is 0 Å². The zero-order chi connectivity index (χ0) is 14.5. The van der Waals surface area contributed by atoms with Gasteiger partial charge in [0.2, 0.25) is 10.0 Å². The fourth-order valence-corrected chi connectivity index (χ4v) is 3.39. The molecule has 0 heterocycles. The third kappa shape index (κ3) is 3.95. The molecule has 0 unspecified atom stereocenters. The molecule has 106 valence electrons. The topological polar surface area (TPSA) is 74.7 Å². The molecular weight excluding hydrogens is 286 g/mol. The first-order chi connectivity index (χ1) is 8.91. The van der Waals surface area contributed by atoms with Crippen LogP contribution in [0.2, 0.25) is 0 Å². The number of sulfonamides is 1. The highest BCUT2D eigenvalue weighted by molar-refractivity contribution is 7.98. The first-order valence-corrected chi connectivity index (χ1v) is 8.52. The van der Waals surface area contributed by atoms with Crippen molar-refractivity contribution in [2.75, 3.05) is 25.6 Å². The van der Waals surface area contributed by atoms with Crippen molar-refractivity contribution in [3.8, 4) is 0 Å². The first-order valence-electron chi connectivity index (χ1n) is 5.69. The highest BCUT2D eigenvalue weighted by Crippen LogP contribution is 2.19. The molecule has 0 radical (unpaired) electrons. The lowest BCUT2D eigenvalue weighted by Crippen LogP contribution is -2.29. The highest BCUT2D eigenvalue weighted by atomic mass is 32.2. The largest absolute Gasteiger partial charge is 0.478 e. The predicted molar refractivity (Wildman–Crippen MR) is 76.2 cm³/mol. The fourth-order valence-electron chi connectivity index (χ4n) is 1.59. The molecule has 0 amide bonds. The normalized spacial score (nSPS) is 11.7. The highest BCUT2D eigenvalue weighted by Gasteiger charge is 2.25. The van der Waals surface area contributed by atoms with Gasteiger partial charge in [0.15, 0.2) is 0 Å². The van der Waals surface area contributed by atoms with E-state index in [0.29, 0.717) is 6.54 Å². The minimum atomic E-state index is -3.75. The molecule has 0 spiro atoms. The molecule has 19 heavy (non-hydrogen) atoms. The average molecular weight is 303 g/mol. The van der Waals surface area contributed by atoms with E-state index >= 15 is 0 Å². The summed E-state index contributed by atoms with van der Waals surface area (Å²) in [7, 11) is -2.29. The minimum Gasteiger partial charge on any atom is -0.478 e. The molecule has 0 aliphatic carbocycles. The summed E-state index contributed by atoms with van der Waals surface area (Å²) in [6, 6.07) is 5.65. The van der Waals surface area contributed by atoms with E-state index in [0.717, 1.165) is 12.2 Å². The van der Waals surface area contributed by atoms with Crippen molar-refractivity contribution < 1.29 is 18.3 Å². The second-order valence-electron chi connectivity index (χ2n) is 3.97. The van der Waals surface area contributed by atoms with E-state index in [1.54, 1.807) is 11.8 Å². The maximum Gasteiger partial charge on any atom is 0.337 e. The first kappa shape index (κ1) is 16.0. The van der Waals surface area contributed by atoms with Gasteiger partial charge in [0.25, 0.3) is 0 Å². The van der Waals surface area contributed by atoms with Crippen LogP contribution >= 0.6 is 11.8 Å². The second kappa shape index (κ2) is 6.93. The number of benzene rings is 1. The van der Waals surface area contributed by atoms with Gasteiger partial charge in [-0.1, -0.05) is 12.1 Å².